The van der Waals surface area contributed by atoms with E-state index in [1.807, 2.05) is 29.0 Å². The second-order valence-corrected chi connectivity index (χ2v) is 4.67. The van der Waals surface area contributed by atoms with E-state index in [-0.39, 0.29) is 5.82 Å². The molecule has 0 saturated carbocycles. The van der Waals surface area contributed by atoms with Crippen LogP contribution >= 0.6 is 0 Å². The van der Waals surface area contributed by atoms with Crippen molar-refractivity contribution < 1.29 is 4.39 Å². The van der Waals surface area contributed by atoms with Crippen LogP contribution in [0.2, 0.25) is 0 Å². The van der Waals surface area contributed by atoms with Crippen LogP contribution in [-0.2, 0) is 6.54 Å². The van der Waals surface area contributed by atoms with Gasteiger partial charge < -0.3 is 10.3 Å². The predicted octanol–water partition coefficient (Wildman–Crippen LogP) is 3.28. The van der Waals surface area contributed by atoms with Crippen molar-refractivity contribution in [2.75, 3.05) is 5.73 Å². The molecule has 3 nitrogen and oxygen atoms in total. The summed E-state index contributed by atoms with van der Waals surface area (Å²) >= 11 is 0. The minimum atomic E-state index is -0.302. The summed E-state index contributed by atoms with van der Waals surface area (Å²) in [5, 5.41) is 10.0. The SMILES string of the molecule is N#Cc1ccc2ccn(Cc3cc(F)ccc3N)c2c1. The molecule has 2 aromatic carbocycles. The van der Waals surface area contributed by atoms with E-state index in [1.54, 1.807) is 12.1 Å². The summed E-state index contributed by atoms with van der Waals surface area (Å²) in [4.78, 5) is 0. The molecule has 0 aliphatic rings. The molecule has 0 aliphatic carbocycles. The number of aromatic nitrogens is 1. The van der Waals surface area contributed by atoms with Gasteiger partial charge in [-0.25, -0.2) is 4.39 Å². The van der Waals surface area contributed by atoms with E-state index >= 15 is 0 Å². The smallest absolute Gasteiger partial charge is 0.123 e. The molecule has 0 amide bonds. The van der Waals surface area contributed by atoms with Crippen molar-refractivity contribution in [3.05, 3.63) is 65.6 Å². The summed E-state index contributed by atoms with van der Waals surface area (Å²) in [5.41, 5.74) is 8.70. The van der Waals surface area contributed by atoms with Gasteiger partial charge in [-0.05, 0) is 47.3 Å². The number of anilines is 1. The Kier molecular flexibility index (Phi) is 2.88. The minimum absolute atomic E-state index is 0.302. The van der Waals surface area contributed by atoms with Crippen LogP contribution in [0.4, 0.5) is 10.1 Å². The molecule has 4 heteroatoms. The van der Waals surface area contributed by atoms with Gasteiger partial charge in [0, 0.05) is 23.9 Å². The maximum atomic E-state index is 13.3. The van der Waals surface area contributed by atoms with Crippen LogP contribution in [0.3, 0.4) is 0 Å². The van der Waals surface area contributed by atoms with Crippen molar-refractivity contribution in [2.45, 2.75) is 6.54 Å². The molecule has 2 N–H and O–H groups in total. The Morgan fingerprint density at radius 2 is 2.00 bits per heavy atom. The highest BCUT2D eigenvalue weighted by atomic mass is 19.1. The highest BCUT2D eigenvalue weighted by Crippen LogP contribution is 2.21. The largest absolute Gasteiger partial charge is 0.398 e. The number of nitrogen functional groups attached to an aromatic ring is 1. The lowest BCUT2D eigenvalue weighted by Gasteiger charge is -2.09. The zero-order valence-electron chi connectivity index (χ0n) is 10.7. The highest BCUT2D eigenvalue weighted by Gasteiger charge is 2.06. The molecule has 0 radical (unpaired) electrons. The van der Waals surface area contributed by atoms with E-state index in [9.17, 15) is 4.39 Å². The summed E-state index contributed by atoms with van der Waals surface area (Å²) < 4.78 is 15.3. The zero-order chi connectivity index (χ0) is 14.1. The van der Waals surface area contributed by atoms with Crippen LogP contribution in [0.15, 0.2) is 48.7 Å². The number of benzene rings is 2. The molecule has 0 spiro atoms. The number of hydrogen-bond acceptors (Lipinski definition) is 2. The number of rotatable bonds is 2. The average Bonchev–Trinajstić information content (AvgIpc) is 2.85. The summed E-state index contributed by atoms with van der Waals surface area (Å²) in [5.74, 6) is -0.302. The van der Waals surface area contributed by atoms with Gasteiger partial charge in [-0.15, -0.1) is 0 Å². The topological polar surface area (TPSA) is 54.7 Å². The summed E-state index contributed by atoms with van der Waals surface area (Å²) in [6.45, 7) is 0.474. The van der Waals surface area contributed by atoms with E-state index in [0.717, 1.165) is 16.5 Å². The minimum Gasteiger partial charge on any atom is -0.398 e. The van der Waals surface area contributed by atoms with Gasteiger partial charge in [0.25, 0.3) is 0 Å². The molecule has 1 aromatic heterocycles. The highest BCUT2D eigenvalue weighted by molar-refractivity contribution is 5.81. The van der Waals surface area contributed by atoms with Gasteiger partial charge >= 0.3 is 0 Å². The lowest BCUT2D eigenvalue weighted by Crippen LogP contribution is -2.02. The van der Waals surface area contributed by atoms with Crippen molar-refractivity contribution >= 4 is 16.6 Å². The molecule has 0 fully saturated rings. The van der Waals surface area contributed by atoms with Crippen LogP contribution < -0.4 is 5.73 Å². The third-order valence-electron chi connectivity index (χ3n) is 3.35. The Hall–Kier alpha value is -2.80. The Labute approximate surface area is 115 Å². The van der Waals surface area contributed by atoms with Gasteiger partial charge in [0.15, 0.2) is 0 Å². The number of nitrogens with two attached hydrogens (primary N) is 1. The Bertz CT molecular complexity index is 827. The van der Waals surface area contributed by atoms with E-state index in [4.69, 9.17) is 11.0 Å². The molecular weight excluding hydrogens is 253 g/mol. The van der Waals surface area contributed by atoms with E-state index in [1.165, 1.54) is 12.1 Å². The maximum Gasteiger partial charge on any atom is 0.123 e. The Morgan fingerprint density at radius 1 is 1.15 bits per heavy atom. The molecule has 3 aromatic rings. The number of fused-ring (bicyclic) bond motifs is 1. The second kappa shape index (κ2) is 4.71. The van der Waals surface area contributed by atoms with Gasteiger partial charge in [-0.3, -0.25) is 0 Å². The summed E-state index contributed by atoms with van der Waals surface area (Å²) in [6.07, 6.45) is 1.91. The molecule has 98 valence electrons. The molecular formula is C16H12FN3. The van der Waals surface area contributed by atoms with Gasteiger partial charge in [0.05, 0.1) is 11.6 Å². The van der Waals surface area contributed by atoms with Crippen molar-refractivity contribution in [2.24, 2.45) is 0 Å². The van der Waals surface area contributed by atoms with Crippen molar-refractivity contribution in [1.29, 1.82) is 5.26 Å². The lowest BCUT2D eigenvalue weighted by atomic mass is 10.1. The van der Waals surface area contributed by atoms with Gasteiger partial charge in [0.2, 0.25) is 0 Å². The molecule has 0 bridgehead atoms. The quantitative estimate of drug-likeness (QED) is 0.723. The predicted molar refractivity (Wildman–Crippen MR) is 76.6 cm³/mol. The lowest BCUT2D eigenvalue weighted by molar-refractivity contribution is 0.624. The molecule has 20 heavy (non-hydrogen) atoms. The Morgan fingerprint density at radius 3 is 2.80 bits per heavy atom. The van der Waals surface area contributed by atoms with Gasteiger partial charge in [-0.2, -0.15) is 5.26 Å². The van der Waals surface area contributed by atoms with Gasteiger partial charge in [-0.1, -0.05) is 6.07 Å². The summed E-state index contributed by atoms with van der Waals surface area (Å²) in [7, 11) is 0. The van der Waals surface area contributed by atoms with Crippen molar-refractivity contribution in [3.63, 3.8) is 0 Å². The fourth-order valence-electron chi connectivity index (χ4n) is 2.29. The first-order valence-corrected chi connectivity index (χ1v) is 6.20. The van der Waals surface area contributed by atoms with Crippen LogP contribution in [0.1, 0.15) is 11.1 Å². The average molecular weight is 265 g/mol. The Balaban J connectivity index is 2.07. The first-order chi connectivity index (χ1) is 9.67. The third-order valence-corrected chi connectivity index (χ3v) is 3.35. The molecule has 0 saturated heterocycles. The van der Waals surface area contributed by atoms with E-state index < -0.39 is 0 Å². The van der Waals surface area contributed by atoms with Crippen LogP contribution in [0, 0.1) is 17.1 Å². The van der Waals surface area contributed by atoms with Crippen molar-refractivity contribution in [3.8, 4) is 6.07 Å². The normalized spacial score (nSPS) is 10.6. The monoisotopic (exact) mass is 265 g/mol. The standard InChI is InChI=1S/C16H12FN3/c17-14-3-4-15(19)13(8-14)10-20-6-5-12-2-1-11(9-18)7-16(12)20/h1-8H,10,19H2. The fraction of sp³-hybridized carbons (Fsp3) is 0.0625. The van der Waals surface area contributed by atoms with Gasteiger partial charge in [0.1, 0.15) is 5.82 Å². The first-order valence-electron chi connectivity index (χ1n) is 6.20. The third kappa shape index (κ3) is 2.10. The molecule has 1 heterocycles. The maximum absolute atomic E-state index is 13.3. The molecule has 0 unspecified atom stereocenters. The molecule has 0 aliphatic heterocycles. The van der Waals surface area contributed by atoms with Crippen LogP contribution in [0.25, 0.3) is 10.9 Å². The van der Waals surface area contributed by atoms with E-state index in [0.29, 0.717) is 17.8 Å². The molecule has 3 rings (SSSR count). The number of hydrogen-bond donors (Lipinski definition) is 1. The van der Waals surface area contributed by atoms with Crippen molar-refractivity contribution in [1.82, 2.24) is 4.57 Å². The molecule has 0 atom stereocenters. The summed E-state index contributed by atoms with van der Waals surface area (Å²) in [6, 6.07) is 13.9. The number of halogens is 1. The first kappa shape index (κ1) is 12.2. The van der Waals surface area contributed by atoms with E-state index in [2.05, 4.69) is 6.07 Å². The second-order valence-electron chi connectivity index (χ2n) is 4.67. The zero-order valence-corrected chi connectivity index (χ0v) is 10.7. The van der Waals surface area contributed by atoms with Crippen LogP contribution in [-0.4, -0.2) is 4.57 Å². The van der Waals surface area contributed by atoms with Crippen LogP contribution in [0.5, 0.6) is 0 Å². The number of nitrogens with zero attached hydrogens (tertiary/aromatic N) is 2. The fourth-order valence-corrected chi connectivity index (χ4v) is 2.29. The number of nitriles is 1.